The van der Waals surface area contributed by atoms with Gasteiger partial charge in [-0.25, -0.2) is 8.78 Å². The van der Waals surface area contributed by atoms with Gasteiger partial charge in [0.1, 0.15) is 11.6 Å². The van der Waals surface area contributed by atoms with Gasteiger partial charge in [0.25, 0.3) is 0 Å². The van der Waals surface area contributed by atoms with E-state index in [9.17, 15) is 18.4 Å². The summed E-state index contributed by atoms with van der Waals surface area (Å²) < 4.78 is 26.4. The fourth-order valence-corrected chi connectivity index (χ4v) is 1.73. The van der Waals surface area contributed by atoms with Crippen LogP contribution in [-0.4, -0.2) is 12.6 Å². The summed E-state index contributed by atoms with van der Waals surface area (Å²) in [4.78, 5) is 21.8. The molecule has 0 aliphatic rings. The molecule has 4 heteroatoms. The van der Waals surface area contributed by atoms with Crippen LogP contribution >= 0.6 is 0 Å². The van der Waals surface area contributed by atoms with Crippen molar-refractivity contribution in [2.24, 2.45) is 0 Å². The van der Waals surface area contributed by atoms with Crippen molar-refractivity contribution >= 4 is 12.6 Å². The zero-order valence-electron chi connectivity index (χ0n) is 9.19. The molecule has 0 fully saturated rings. The molecule has 0 aliphatic carbocycles. The van der Waals surface area contributed by atoms with E-state index in [1.165, 1.54) is 12.1 Å². The van der Waals surface area contributed by atoms with Gasteiger partial charge in [-0.15, -0.1) is 0 Å². The van der Waals surface area contributed by atoms with Crippen molar-refractivity contribution in [3.63, 3.8) is 0 Å². The predicted octanol–water partition coefficient (Wildman–Crippen LogP) is 3.26. The Kier molecular flexibility index (Phi) is 3.28. The normalized spacial score (nSPS) is 10.1. The van der Waals surface area contributed by atoms with E-state index in [-0.39, 0.29) is 22.3 Å². The summed E-state index contributed by atoms with van der Waals surface area (Å²) in [5.74, 6) is -1.12. The second-order valence-electron chi connectivity index (χ2n) is 3.70. The molecule has 0 atom stereocenters. The van der Waals surface area contributed by atoms with Gasteiger partial charge in [0.2, 0.25) is 0 Å². The number of hydrogen-bond donors (Lipinski definition) is 0. The van der Waals surface area contributed by atoms with Gasteiger partial charge in [0, 0.05) is 11.1 Å². The number of carbonyl (C=O) groups excluding carboxylic acids is 2. The molecule has 0 saturated heterocycles. The van der Waals surface area contributed by atoms with Crippen LogP contribution in [0.15, 0.2) is 36.4 Å². The first kappa shape index (κ1) is 12.1. The minimum Gasteiger partial charge on any atom is -0.298 e. The van der Waals surface area contributed by atoms with Crippen molar-refractivity contribution < 1.29 is 18.4 Å². The molecular weight excluding hydrogens is 238 g/mol. The van der Waals surface area contributed by atoms with Gasteiger partial charge in [-0.3, -0.25) is 9.59 Å². The summed E-state index contributed by atoms with van der Waals surface area (Å²) in [7, 11) is 0. The maximum absolute atomic E-state index is 13.2. The third-order valence-electron chi connectivity index (χ3n) is 2.57. The average Bonchev–Trinajstić information content (AvgIpc) is 2.38. The molecule has 0 aromatic heterocycles. The Labute approximate surface area is 102 Å². The van der Waals surface area contributed by atoms with Crippen LogP contribution in [0.1, 0.15) is 20.7 Å². The van der Waals surface area contributed by atoms with Crippen molar-refractivity contribution in [1.82, 2.24) is 0 Å². The zero-order chi connectivity index (χ0) is 13.1. The first-order valence-electron chi connectivity index (χ1n) is 5.15. The summed E-state index contributed by atoms with van der Waals surface area (Å²) in [6, 6.07) is 7.05. The summed E-state index contributed by atoms with van der Waals surface area (Å²) >= 11 is 0. The Hall–Kier alpha value is -2.36. The summed E-state index contributed by atoms with van der Waals surface area (Å²) in [5.41, 5.74) is 0.799. The van der Waals surface area contributed by atoms with Crippen molar-refractivity contribution in [3.05, 3.63) is 59.2 Å². The number of benzene rings is 2. The monoisotopic (exact) mass is 246 g/mol. The van der Waals surface area contributed by atoms with Crippen LogP contribution in [0.2, 0.25) is 0 Å². The number of carbonyl (C=O) groups is 2. The Morgan fingerprint density at radius 1 is 0.722 bits per heavy atom. The number of halogens is 2. The molecule has 0 bridgehead atoms. The van der Waals surface area contributed by atoms with Gasteiger partial charge in [-0.05, 0) is 47.5 Å². The highest BCUT2D eigenvalue weighted by Gasteiger charge is 2.11. The Morgan fingerprint density at radius 2 is 1.11 bits per heavy atom. The Bertz CT molecular complexity index is 566. The van der Waals surface area contributed by atoms with Crippen molar-refractivity contribution in [1.29, 1.82) is 0 Å². The van der Waals surface area contributed by atoms with Crippen LogP contribution in [-0.2, 0) is 0 Å². The van der Waals surface area contributed by atoms with E-state index in [0.717, 1.165) is 24.3 Å². The van der Waals surface area contributed by atoms with E-state index in [1.54, 1.807) is 0 Å². The Balaban J connectivity index is 2.74. The van der Waals surface area contributed by atoms with E-state index in [0.29, 0.717) is 12.6 Å². The lowest BCUT2D eigenvalue weighted by atomic mass is 9.96. The summed E-state index contributed by atoms with van der Waals surface area (Å²) in [6.45, 7) is 0. The molecule has 90 valence electrons. The highest BCUT2D eigenvalue weighted by Crippen LogP contribution is 2.27. The fraction of sp³-hybridized carbons (Fsp3) is 0. The first-order valence-corrected chi connectivity index (χ1v) is 5.15. The molecule has 0 unspecified atom stereocenters. The minimum atomic E-state index is -0.559. The maximum Gasteiger partial charge on any atom is 0.150 e. The second kappa shape index (κ2) is 4.87. The molecule has 2 nitrogen and oxygen atoms in total. The molecule has 18 heavy (non-hydrogen) atoms. The summed E-state index contributed by atoms with van der Waals surface area (Å²) in [6.07, 6.45) is 1.07. The lowest BCUT2D eigenvalue weighted by Gasteiger charge is -2.08. The van der Waals surface area contributed by atoms with Crippen molar-refractivity contribution in [3.8, 4) is 11.1 Å². The molecule has 0 aliphatic heterocycles. The lowest BCUT2D eigenvalue weighted by molar-refractivity contribution is 0.111. The first-order chi connectivity index (χ1) is 8.65. The standard InChI is InChI=1S/C14H8F2O2/c15-11-3-1-9(7-17)13(5-11)14-6-12(16)4-2-10(14)8-18/h1-8H. The maximum atomic E-state index is 13.2. The van der Waals surface area contributed by atoms with Crippen LogP contribution in [0, 0.1) is 11.6 Å². The molecule has 0 saturated carbocycles. The molecule has 0 radical (unpaired) electrons. The van der Waals surface area contributed by atoms with Crippen molar-refractivity contribution in [2.45, 2.75) is 0 Å². The number of aldehydes is 2. The lowest BCUT2D eigenvalue weighted by Crippen LogP contribution is -1.94. The SMILES string of the molecule is O=Cc1ccc(F)cc1-c1cc(F)ccc1C=O. The third-order valence-corrected chi connectivity index (χ3v) is 2.57. The minimum absolute atomic E-state index is 0.199. The zero-order valence-corrected chi connectivity index (χ0v) is 9.19. The molecule has 0 N–H and O–H groups in total. The number of rotatable bonds is 3. The highest BCUT2D eigenvalue weighted by molar-refractivity contribution is 5.94. The quantitative estimate of drug-likeness (QED) is 0.779. The summed E-state index contributed by atoms with van der Waals surface area (Å²) in [5, 5.41) is 0. The van der Waals surface area contributed by atoms with Crippen LogP contribution in [0.5, 0.6) is 0 Å². The molecule has 0 amide bonds. The van der Waals surface area contributed by atoms with E-state index >= 15 is 0 Å². The van der Waals surface area contributed by atoms with Gasteiger partial charge in [0.15, 0.2) is 12.6 Å². The van der Waals surface area contributed by atoms with Gasteiger partial charge in [-0.1, -0.05) is 0 Å². The topological polar surface area (TPSA) is 34.1 Å². The van der Waals surface area contributed by atoms with E-state index in [1.807, 2.05) is 0 Å². The van der Waals surface area contributed by atoms with Crippen LogP contribution in [0.4, 0.5) is 8.78 Å². The molecular formula is C14H8F2O2. The smallest absolute Gasteiger partial charge is 0.150 e. The van der Waals surface area contributed by atoms with Crippen molar-refractivity contribution in [2.75, 3.05) is 0 Å². The van der Waals surface area contributed by atoms with Crippen LogP contribution < -0.4 is 0 Å². The highest BCUT2D eigenvalue weighted by atomic mass is 19.1. The third kappa shape index (κ3) is 2.18. The molecule has 2 aromatic carbocycles. The molecule has 2 aromatic rings. The van der Waals surface area contributed by atoms with Gasteiger partial charge >= 0.3 is 0 Å². The fourth-order valence-electron chi connectivity index (χ4n) is 1.73. The predicted molar refractivity (Wildman–Crippen MR) is 62.6 cm³/mol. The molecule has 0 heterocycles. The molecule has 0 spiro atoms. The van der Waals surface area contributed by atoms with Gasteiger partial charge in [-0.2, -0.15) is 0 Å². The number of hydrogen-bond acceptors (Lipinski definition) is 2. The van der Waals surface area contributed by atoms with E-state index < -0.39 is 11.6 Å². The largest absolute Gasteiger partial charge is 0.298 e. The van der Waals surface area contributed by atoms with Gasteiger partial charge in [0.05, 0.1) is 0 Å². The average molecular weight is 246 g/mol. The van der Waals surface area contributed by atoms with Crippen LogP contribution in [0.3, 0.4) is 0 Å². The second-order valence-corrected chi connectivity index (χ2v) is 3.70. The van der Waals surface area contributed by atoms with E-state index in [2.05, 4.69) is 0 Å². The van der Waals surface area contributed by atoms with E-state index in [4.69, 9.17) is 0 Å². The molecule has 2 rings (SSSR count). The van der Waals surface area contributed by atoms with Crippen LogP contribution in [0.25, 0.3) is 11.1 Å². The van der Waals surface area contributed by atoms with Gasteiger partial charge < -0.3 is 0 Å². The Morgan fingerprint density at radius 3 is 1.44 bits per heavy atom.